The molecule has 37 heavy (non-hydrogen) atoms. The van der Waals surface area contributed by atoms with Crippen LogP contribution in [0, 0.1) is 18.3 Å². The van der Waals surface area contributed by atoms with E-state index in [1.54, 1.807) is 45.0 Å². The van der Waals surface area contributed by atoms with E-state index in [2.05, 4.69) is 21.3 Å². The number of amides is 3. The number of rotatable bonds is 11. The van der Waals surface area contributed by atoms with Crippen molar-refractivity contribution in [2.75, 3.05) is 13.7 Å². The van der Waals surface area contributed by atoms with E-state index in [0.717, 1.165) is 0 Å². The molecule has 0 aliphatic rings. The van der Waals surface area contributed by atoms with Gasteiger partial charge in [0, 0.05) is 11.6 Å². The van der Waals surface area contributed by atoms with Gasteiger partial charge in [-0.25, -0.2) is 4.79 Å². The number of hydrogen-bond donors (Lipinski definition) is 2. The fraction of sp³-hybridized carbons (Fsp3) is 0.571. The number of terminal acetylenes is 1. The molecule has 0 aliphatic carbocycles. The fourth-order valence-corrected chi connectivity index (χ4v) is 3.65. The molecule has 0 radical (unpaired) electrons. The van der Waals surface area contributed by atoms with Crippen molar-refractivity contribution in [3.05, 3.63) is 35.4 Å². The Kier molecular flexibility index (Phi) is 12.1. The first-order chi connectivity index (χ1) is 17.2. The normalized spacial score (nSPS) is 13.5. The summed E-state index contributed by atoms with van der Waals surface area (Å²) in [4.78, 5) is 53.3. The maximum absolute atomic E-state index is 14.1. The highest BCUT2D eigenvalue weighted by atomic mass is 16.6. The van der Waals surface area contributed by atoms with Gasteiger partial charge >= 0.3 is 12.1 Å². The number of ether oxygens (including phenoxy) is 2. The van der Waals surface area contributed by atoms with Crippen molar-refractivity contribution in [1.29, 1.82) is 0 Å². The van der Waals surface area contributed by atoms with Crippen molar-refractivity contribution in [2.45, 2.75) is 85.0 Å². The van der Waals surface area contributed by atoms with Crippen LogP contribution in [0.3, 0.4) is 0 Å². The van der Waals surface area contributed by atoms with Gasteiger partial charge in [0.05, 0.1) is 7.11 Å². The minimum atomic E-state index is -1.09. The smallest absolute Gasteiger partial charge is 0.408 e. The van der Waals surface area contributed by atoms with Crippen LogP contribution in [0.15, 0.2) is 24.3 Å². The van der Waals surface area contributed by atoms with Gasteiger partial charge in [-0.2, -0.15) is 0 Å². The lowest BCUT2D eigenvalue weighted by atomic mass is 9.96. The Morgan fingerprint density at radius 1 is 1.08 bits per heavy atom. The number of benzene rings is 1. The van der Waals surface area contributed by atoms with Crippen molar-refractivity contribution in [2.24, 2.45) is 5.92 Å². The van der Waals surface area contributed by atoms with Gasteiger partial charge in [0.15, 0.2) is 0 Å². The molecule has 0 spiro atoms. The van der Waals surface area contributed by atoms with Crippen LogP contribution in [0.5, 0.6) is 0 Å². The first kappa shape index (κ1) is 31.5. The second-order valence-electron chi connectivity index (χ2n) is 10.3. The molecule has 0 fully saturated rings. The van der Waals surface area contributed by atoms with Gasteiger partial charge in [0.25, 0.3) is 0 Å². The molecule has 3 atom stereocenters. The van der Waals surface area contributed by atoms with Gasteiger partial charge in [0.1, 0.15) is 24.2 Å². The summed E-state index contributed by atoms with van der Waals surface area (Å²) in [6.07, 6.45) is 5.64. The number of hydrogen-bond acceptors (Lipinski definition) is 6. The first-order valence-electron chi connectivity index (χ1n) is 12.5. The van der Waals surface area contributed by atoms with E-state index < -0.39 is 41.6 Å². The summed E-state index contributed by atoms with van der Waals surface area (Å²) in [5, 5.41) is 5.27. The van der Waals surface area contributed by atoms with E-state index in [1.807, 2.05) is 27.7 Å². The van der Waals surface area contributed by atoms with E-state index in [-0.39, 0.29) is 18.5 Å². The molecular weight excluding hydrogens is 474 g/mol. The zero-order chi connectivity index (χ0) is 28.3. The van der Waals surface area contributed by atoms with Crippen LogP contribution in [0.2, 0.25) is 0 Å². The fourth-order valence-electron chi connectivity index (χ4n) is 3.65. The van der Waals surface area contributed by atoms with E-state index >= 15 is 0 Å². The predicted molar refractivity (Wildman–Crippen MR) is 141 cm³/mol. The molecule has 204 valence electrons. The minimum Gasteiger partial charge on any atom is -0.468 e. The standard InChI is InChI=1S/C28H41N3O6/c1-10-19(5)31(26(34)22(16-18(3)4)30-27(35)37-28(6,7)8)24(25(33)29-17-23(32)36-9)21-14-12-20(11-2)13-15-21/h2,12-15,18-19,22,24H,10,16-17H2,1,3-9H3,(H,29,33)(H,30,35). The highest BCUT2D eigenvalue weighted by Gasteiger charge is 2.38. The van der Waals surface area contributed by atoms with E-state index in [9.17, 15) is 19.2 Å². The maximum Gasteiger partial charge on any atom is 0.408 e. The molecule has 0 bridgehead atoms. The number of nitrogens with one attached hydrogen (secondary N) is 2. The van der Waals surface area contributed by atoms with Crippen molar-refractivity contribution < 1.29 is 28.7 Å². The summed E-state index contributed by atoms with van der Waals surface area (Å²) in [6, 6.07) is 4.31. The summed E-state index contributed by atoms with van der Waals surface area (Å²) >= 11 is 0. The molecule has 2 N–H and O–H groups in total. The third kappa shape index (κ3) is 10.2. The largest absolute Gasteiger partial charge is 0.468 e. The van der Waals surface area contributed by atoms with Crippen LogP contribution in [0.1, 0.15) is 78.5 Å². The zero-order valence-electron chi connectivity index (χ0n) is 23.2. The molecule has 9 nitrogen and oxygen atoms in total. The van der Waals surface area contributed by atoms with Gasteiger partial charge in [-0.05, 0) is 64.2 Å². The number of nitrogens with zero attached hydrogens (tertiary/aromatic N) is 1. The molecule has 0 saturated carbocycles. The third-order valence-electron chi connectivity index (χ3n) is 5.57. The van der Waals surface area contributed by atoms with Crippen LogP contribution in [0.25, 0.3) is 0 Å². The number of methoxy groups -OCH3 is 1. The van der Waals surface area contributed by atoms with Crippen molar-refractivity contribution in [3.63, 3.8) is 0 Å². The molecule has 0 aliphatic heterocycles. The Hall–Kier alpha value is -3.54. The lowest BCUT2D eigenvalue weighted by Crippen LogP contribution is -2.56. The summed E-state index contributed by atoms with van der Waals surface area (Å²) in [5.74, 6) is 0.968. The number of carbonyl (C=O) groups excluding carboxylic acids is 4. The Balaban J connectivity index is 3.54. The first-order valence-corrected chi connectivity index (χ1v) is 12.5. The Labute approximate surface area is 220 Å². The van der Waals surface area contributed by atoms with Crippen molar-refractivity contribution in [1.82, 2.24) is 15.5 Å². The van der Waals surface area contributed by atoms with E-state index in [0.29, 0.717) is 24.0 Å². The zero-order valence-corrected chi connectivity index (χ0v) is 23.2. The summed E-state index contributed by atoms with van der Waals surface area (Å²) in [7, 11) is 1.22. The molecule has 3 unspecified atom stereocenters. The molecule has 3 amide bonds. The lowest BCUT2D eigenvalue weighted by Gasteiger charge is -2.38. The molecule has 1 rings (SSSR count). The lowest BCUT2D eigenvalue weighted by molar-refractivity contribution is -0.146. The van der Waals surface area contributed by atoms with Crippen LogP contribution in [-0.2, 0) is 23.9 Å². The molecule has 0 aromatic heterocycles. The van der Waals surface area contributed by atoms with Crippen LogP contribution >= 0.6 is 0 Å². The minimum absolute atomic E-state index is 0.0594. The van der Waals surface area contributed by atoms with Gasteiger partial charge < -0.3 is 25.0 Å². The summed E-state index contributed by atoms with van der Waals surface area (Å²) in [5.41, 5.74) is 0.375. The monoisotopic (exact) mass is 515 g/mol. The van der Waals surface area contributed by atoms with Crippen LogP contribution in [-0.4, -0.2) is 60.1 Å². The van der Waals surface area contributed by atoms with Gasteiger partial charge in [-0.3, -0.25) is 14.4 Å². The Morgan fingerprint density at radius 2 is 1.68 bits per heavy atom. The quantitative estimate of drug-likeness (QED) is 0.344. The van der Waals surface area contributed by atoms with E-state index in [1.165, 1.54) is 12.0 Å². The average Bonchev–Trinajstić information content (AvgIpc) is 2.82. The topological polar surface area (TPSA) is 114 Å². The molecule has 1 aromatic carbocycles. The number of alkyl carbamates (subject to hydrolysis) is 1. The highest BCUT2D eigenvalue weighted by molar-refractivity contribution is 5.93. The third-order valence-corrected chi connectivity index (χ3v) is 5.57. The van der Waals surface area contributed by atoms with Gasteiger partial charge in [-0.15, -0.1) is 6.42 Å². The van der Waals surface area contributed by atoms with Crippen molar-refractivity contribution >= 4 is 23.9 Å². The maximum atomic E-state index is 14.1. The summed E-state index contributed by atoms with van der Waals surface area (Å²) < 4.78 is 10.0. The Morgan fingerprint density at radius 3 is 2.14 bits per heavy atom. The predicted octanol–water partition coefficient (Wildman–Crippen LogP) is 3.56. The van der Waals surface area contributed by atoms with Gasteiger partial charge in [-0.1, -0.05) is 38.8 Å². The van der Waals surface area contributed by atoms with Gasteiger partial charge in [0.2, 0.25) is 11.8 Å². The Bertz CT molecular complexity index is 975. The summed E-state index contributed by atoms with van der Waals surface area (Å²) in [6.45, 7) is 12.4. The average molecular weight is 516 g/mol. The van der Waals surface area contributed by atoms with Crippen LogP contribution < -0.4 is 10.6 Å². The molecule has 0 saturated heterocycles. The number of carbonyl (C=O) groups is 4. The number of esters is 1. The van der Waals surface area contributed by atoms with E-state index in [4.69, 9.17) is 11.2 Å². The second-order valence-corrected chi connectivity index (χ2v) is 10.3. The molecule has 0 heterocycles. The van der Waals surface area contributed by atoms with Crippen molar-refractivity contribution in [3.8, 4) is 12.3 Å². The molecule has 9 heteroatoms. The van der Waals surface area contributed by atoms with Crippen LogP contribution in [0.4, 0.5) is 4.79 Å². The highest BCUT2D eigenvalue weighted by Crippen LogP contribution is 2.27. The second kappa shape index (κ2) is 14.3. The SMILES string of the molecule is C#Cc1ccc(C(C(=O)NCC(=O)OC)N(C(=O)C(CC(C)C)NC(=O)OC(C)(C)C)C(C)CC)cc1. The molecule has 1 aromatic rings. The molecular formula is C28H41N3O6.